The number of aromatic amines is 1. The Hall–Kier alpha value is -3.38. The van der Waals surface area contributed by atoms with E-state index in [1.807, 2.05) is 58.1 Å². The van der Waals surface area contributed by atoms with E-state index >= 15 is 0 Å². The van der Waals surface area contributed by atoms with Gasteiger partial charge in [0.1, 0.15) is 0 Å². The summed E-state index contributed by atoms with van der Waals surface area (Å²) in [4.78, 5) is 31.2. The van der Waals surface area contributed by atoms with Crippen molar-refractivity contribution in [2.45, 2.75) is 60.0 Å². The molecule has 0 radical (unpaired) electrons. The highest BCUT2D eigenvalue weighted by Crippen LogP contribution is 2.32. The molecule has 2 aromatic rings. The van der Waals surface area contributed by atoms with Crippen LogP contribution in [0, 0.1) is 20.8 Å². The molecule has 1 aromatic carbocycles. The summed E-state index contributed by atoms with van der Waals surface area (Å²) in [7, 11) is 0. The molecule has 1 aromatic heterocycles. The van der Waals surface area contributed by atoms with Gasteiger partial charge in [0.05, 0.1) is 0 Å². The Morgan fingerprint density at radius 2 is 1.92 bits per heavy atom. The highest BCUT2D eigenvalue weighted by Gasteiger charge is 2.25. The Kier molecular flexibility index (Phi) is 9.48. The van der Waals surface area contributed by atoms with Gasteiger partial charge in [-0.05, 0) is 87.9 Å². The minimum atomic E-state index is -0.188. The van der Waals surface area contributed by atoms with Crippen molar-refractivity contribution in [2.24, 2.45) is 0 Å². The molecule has 1 amide bonds. The fourth-order valence-corrected chi connectivity index (χ4v) is 4.82. The van der Waals surface area contributed by atoms with Crippen LogP contribution in [-0.2, 0) is 11.3 Å². The van der Waals surface area contributed by atoms with Gasteiger partial charge in [0.2, 0.25) is 0 Å². The number of hydrogen-bond acceptors (Lipinski definition) is 4. The highest BCUT2D eigenvalue weighted by atomic mass is 16.5. The molecule has 192 valence electrons. The van der Waals surface area contributed by atoms with E-state index in [-0.39, 0.29) is 18.0 Å². The Morgan fingerprint density at radius 3 is 2.56 bits per heavy atom. The molecule has 1 aliphatic heterocycles. The number of aryl methyl sites for hydroxylation is 2. The van der Waals surface area contributed by atoms with Crippen LogP contribution >= 0.6 is 0 Å². The topological polar surface area (TPSA) is 74.4 Å². The van der Waals surface area contributed by atoms with Gasteiger partial charge in [0.25, 0.3) is 11.5 Å². The average Bonchev–Trinajstić information content (AvgIpc) is 2.85. The number of nitrogens with zero attached hydrogens (tertiary/aromatic N) is 1. The molecule has 2 heterocycles. The van der Waals surface area contributed by atoms with Crippen molar-refractivity contribution in [2.75, 3.05) is 24.7 Å². The predicted octanol–water partition coefficient (Wildman–Crippen LogP) is 5.38. The lowest BCUT2D eigenvalue weighted by Crippen LogP contribution is -2.40. The molecule has 6 heteroatoms. The van der Waals surface area contributed by atoms with Crippen LogP contribution < -0.4 is 15.8 Å². The van der Waals surface area contributed by atoms with Crippen molar-refractivity contribution in [3.63, 3.8) is 0 Å². The number of carbonyl (C=O) groups is 1. The standard InChI is InChI=1S/C30H39N3O3/c1-7-9-10-11-20(3)24-17-26(29(34)31-19-27-21(4)16-22(5)32-30(27)35)23(6)28(18-24)33(8-2)25-12-14-36-15-13-25/h7,9-11,16-18,25H,1,8,12-15,19H2,2-6H3,(H,31,34)(H,32,35)/b10-9-,20-11+. The Morgan fingerprint density at radius 1 is 1.19 bits per heavy atom. The van der Waals surface area contributed by atoms with E-state index in [1.54, 1.807) is 6.08 Å². The lowest BCUT2D eigenvalue weighted by atomic mass is 9.95. The second-order valence-electron chi connectivity index (χ2n) is 9.39. The summed E-state index contributed by atoms with van der Waals surface area (Å²) in [6, 6.07) is 6.43. The summed E-state index contributed by atoms with van der Waals surface area (Å²) in [5.41, 5.74) is 6.75. The number of nitrogens with one attached hydrogen (secondary N) is 2. The molecule has 0 aliphatic carbocycles. The first kappa shape index (κ1) is 27.2. The summed E-state index contributed by atoms with van der Waals surface area (Å²) in [6.07, 6.45) is 9.52. The normalized spacial score (nSPS) is 14.8. The molecular formula is C30H39N3O3. The first-order chi connectivity index (χ1) is 17.3. The van der Waals surface area contributed by atoms with E-state index < -0.39 is 0 Å². The zero-order valence-corrected chi connectivity index (χ0v) is 22.2. The predicted molar refractivity (Wildman–Crippen MR) is 149 cm³/mol. The fraction of sp³-hybridized carbons (Fsp3) is 0.400. The Labute approximate surface area is 214 Å². The Bertz CT molecular complexity index is 1220. The molecule has 36 heavy (non-hydrogen) atoms. The van der Waals surface area contributed by atoms with Gasteiger partial charge in [-0.15, -0.1) is 0 Å². The summed E-state index contributed by atoms with van der Waals surface area (Å²) >= 11 is 0. The number of amides is 1. The minimum absolute atomic E-state index is 0.163. The van der Waals surface area contributed by atoms with Crippen molar-refractivity contribution >= 4 is 17.2 Å². The van der Waals surface area contributed by atoms with Gasteiger partial charge in [-0.2, -0.15) is 0 Å². The molecule has 6 nitrogen and oxygen atoms in total. The van der Waals surface area contributed by atoms with Gasteiger partial charge in [-0.1, -0.05) is 30.9 Å². The summed E-state index contributed by atoms with van der Waals surface area (Å²) < 4.78 is 5.60. The monoisotopic (exact) mass is 489 g/mol. The third-order valence-electron chi connectivity index (χ3n) is 6.87. The zero-order chi connectivity index (χ0) is 26.2. The zero-order valence-electron chi connectivity index (χ0n) is 22.2. The summed E-state index contributed by atoms with van der Waals surface area (Å²) in [6.45, 7) is 16.2. The van der Waals surface area contributed by atoms with Crippen LogP contribution in [0.2, 0.25) is 0 Å². The number of benzene rings is 1. The number of carbonyl (C=O) groups excluding carboxylic acids is 1. The molecule has 2 N–H and O–H groups in total. The maximum absolute atomic E-state index is 13.5. The number of rotatable bonds is 9. The number of allylic oxidation sites excluding steroid dienone is 5. The van der Waals surface area contributed by atoms with Crippen molar-refractivity contribution in [1.29, 1.82) is 0 Å². The second-order valence-corrected chi connectivity index (χ2v) is 9.39. The van der Waals surface area contributed by atoms with Gasteiger partial charge in [-0.25, -0.2) is 0 Å². The van der Waals surface area contributed by atoms with Crippen molar-refractivity contribution in [3.8, 4) is 0 Å². The molecular weight excluding hydrogens is 450 g/mol. The van der Waals surface area contributed by atoms with Gasteiger partial charge in [0.15, 0.2) is 0 Å². The van der Waals surface area contributed by atoms with Crippen LogP contribution in [0.1, 0.15) is 65.0 Å². The molecule has 0 saturated carbocycles. The van der Waals surface area contributed by atoms with E-state index in [9.17, 15) is 9.59 Å². The molecule has 0 atom stereocenters. The summed E-state index contributed by atoms with van der Waals surface area (Å²) in [5.74, 6) is -0.188. The summed E-state index contributed by atoms with van der Waals surface area (Å²) in [5, 5.41) is 3.00. The highest BCUT2D eigenvalue weighted by molar-refractivity contribution is 5.98. The van der Waals surface area contributed by atoms with Gasteiger partial charge >= 0.3 is 0 Å². The van der Waals surface area contributed by atoms with Crippen LogP contribution in [0.15, 0.2) is 53.9 Å². The third-order valence-corrected chi connectivity index (χ3v) is 6.87. The van der Waals surface area contributed by atoms with Crippen LogP contribution in [-0.4, -0.2) is 36.7 Å². The maximum Gasteiger partial charge on any atom is 0.253 e. The Balaban J connectivity index is 2.01. The smallest absolute Gasteiger partial charge is 0.253 e. The molecule has 0 unspecified atom stereocenters. The quantitative estimate of drug-likeness (QED) is 0.464. The number of ether oxygens (including phenoxy) is 1. The third kappa shape index (κ3) is 6.43. The average molecular weight is 490 g/mol. The minimum Gasteiger partial charge on any atom is -0.381 e. The molecule has 1 aliphatic rings. The molecule has 1 fully saturated rings. The molecule has 1 saturated heterocycles. The van der Waals surface area contributed by atoms with Crippen LogP contribution in [0.3, 0.4) is 0 Å². The number of anilines is 1. The van der Waals surface area contributed by atoms with Crippen LogP contribution in [0.25, 0.3) is 5.57 Å². The van der Waals surface area contributed by atoms with E-state index in [4.69, 9.17) is 4.74 Å². The van der Waals surface area contributed by atoms with Gasteiger partial charge in [0, 0.05) is 54.9 Å². The maximum atomic E-state index is 13.5. The lowest BCUT2D eigenvalue weighted by Gasteiger charge is -2.37. The van der Waals surface area contributed by atoms with Crippen LogP contribution in [0.5, 0.6) is 0 Å². The lowest BCUT2D eigenvalue weighted by molar-refractivity contribution is 0.0845. The number of pyridine rings is 1. The van der Waals surface area contributed by atoms with E-state index in [0.717, 1.165) is 66.2 Å². The number of aromatic nitrogens is 1. The van der Waals surface area contributed by atoms with E-state index in [1.165, 1.54) is 0 Å². The number of hydrogen-bond donors (Lipinski definition) is 2. The van der Waals surface area contributed by atoms with E-state index in [0.29, 0.717) is 17.2 Å². The van der Waals surface area contributed by atoms with E-state index in [2.05, 4.69) is 34.8 Å². The van der Waals surface area contributed by atoms with Crippen LogP contribution in [0.4, 0.5) is 5.69 Å². The second kappa shape index (κ2) is 12.5. The first-order valence-corrected chi connectivity index (χ1v) is 12.7. The molecule has 3 rings (SSSR count). The fourth-order valence-electron chi connectivity index (χ4n) is 4.82. The SMILES string of the molecule is C=C/C=C\C=C(/C)c1cc(C(=O)NCc2c(C)cc(C)[nH]c2=O)c(C)c(N(CC)C2CCOCC2)c1. The first-order valence-electron chi connectivity index (χ1n) is 12.7. The van der Waals surface area contributed by atoms with Gasteiger partial charge < -0.3 is 19.9 Å². The number of H-pyrrole nitrogens is 1. The molecule has 0 bridgehead atoms. The largest absolute Gasteiger partial charge is 0.381 e. The van der Waals surface area contributed by atoms with Crippen molar-refractivity contribution in [3.05, 3.63) is 92.9 Å². The van der Waals surface area contributed by atoms with Crippen molar-refractivity contribution < 1.29 is 9.53 Å². The van der Waals surface area contributed by atoms with Gasteiger partial charge in [-0.3, -0.25) is 9.59 Å². The molecule has 0 spiro atoms. The van der Waals surface area contributed by atoms with Crippen molar-refractivity contribution in [1.82, 2.24) is 10.3 Å².